The van der Waals surface area contributed by atoms with Crippen molar-refractivity contribution in [3.05, 3.63) is 52.8 Å². The predicted molar refractivity (Wildman–Crippen MR) is 76.2 cm³/mol. The summed E-state index contributed by atoms with van der Waals surface area (Å²) in [5.41, 5.74) is 2.74. The van der Waals surface area contributed by atoms with E-state index in [0.29, 0.717) is 17.3 Å². The molecule has 0 radical (unpaired) electrons. The lowest BCUT2D eigenvalue weighted by Gasteiger charge is -2.11. The third-order valence-electron chi connectivity index (χ3n) is 2.90. The minimum Gasteiger partial charge on any atom is -0.495 e. The average molecular weight is 280 g/mol. The van der Waals surface area contributed by atoms with Crippen LogP contribution in [0.15, 0.2) is 36.4 Å². The second-order valence-electron chi connectivity index (χ2n) is 4.18. The summed E-state index contributed by atoms with van der Waals surface area (Å²) in [6.07, 6.45) is 0. The lowest BCUT2D eigenvalue weighted by atomic mass is 9.99. The molecule has 0 fully saturated rings. The number of hydrogen-bond donors (Lipinski definition) is 1. The number of methoxy groups -OCH3 is 1. The topological polar surface area (TPSA) is 21.3 Å². The summed E-state index contributed by atoms with van der Waals surface area (Å²) < 4.78 is 18.7. The van der Waals surface area contributed by atoms with Crippen LogP contribution in [0.5, 0.6) is 5.75 Å². The Morgan fingerprint density at radius 1 is 1.21 bits per heavy atom. The Balaban J connectivity index is 2.53. The predicted octanol–water partition coefficient (Wildman–Crippen LogP) is 3.87. The van der Waals surface area contributed by atoms with Gasteiger partial charge in [0, 0.05) is 6.54 Å². The molecule has 0 unspecified atom stereocenters. The van der Waals surface area contributed by atoms with Gasteiger partial charge in [-0.25, -0.2) is 4.39 Å². The second-order valence-corrected chi connectivity index (χ2v) is 4.59. The fraction of sp³-hybridized carbons (Fsp3) is 0.200. The lowest BCUT2D eigenvalue weighted by Crippen LogP contribution is -2.06. The Kier molecular flexibility index (Phi) is 4.40. The summed E-state index contributed by atoms with van der Waals surface area (Å²) in [5.74, 6) is 0.322. The maximum Gasteiger partial charge on any atom is 0.138 e. The van der Waals surface area contributed by atoms with E-state index in [4.69, 9.17) is 16.3 Å². The van der Waals surface area contributed by atoms with Crippen LogP contribution in [-0.4, -0.2) is 14.2 Å². The maximum atomic E-state index is 13.5. The van der Waals surface area contributed by atoms with Crippen molar-refractivity contribution in [2.75, 3.05) is 14.2 Å². The van der Waals surface area contributed by atoms with Gasteiger partial charge < -0.3 is 10.1 Å². The summed E-state index contributed by atoms with van der Waals surface area (Å²) in [6, 6.07) is 10.2. The Morgan fingerprint density at radius 2 is 2.00 bits per heavy atom. The molecule has 1 N–H and O–H groups in total. The van der Waals surface area contributed by atoms with Gasteiger partial charge in [0.25, 0.3) is 0 Å². The number of nitrogens with one attached hydrogen (secondary N) is 1. The van der Waals surface area contributed by atoms with Gasteiger partial charge in [0.05, 0.1) is 12.1 Å². The van der Waals surface area contributed by atoms with Crippen molar-refractivity contribution < 1.29 is 9.13 Å². The largest absolute Gasteiger partial charge is 0.495 e. The molecule has 0 saturated carbocycles. The highest BCUT2D eigenvalue weighted by Crippen LogP contribution is 2.32. The van der Waals surface area contributed by atoms with Crippen LogP contribution in [0.25, 0.3) is 11.1 Å². The van der Waals surface area contributed by atoms with Crippen molar-refractivity contribution in [2.24, 2.45) is 0 Å². The van der Waals surface area contributed by atoms with Crippen LogP contribution in [-0.2, 0) is 6.54 Å². The third kappa shape index (κ3) is 3.06. The van der Waals surface area contributed by atoms with Gasteiger partial charge in [-0.15, -0.1) is 0 Å². The first-order chi connectivity index (χ1) is 9.15. The average Bonchev–Trinajstić information content (AvgIpc) is 2.42. The molecule has 0 aliphatic carbocycles. The molecule has 100 valence electrons. The number of hydrogen-bond acceptors (Lipinski definition) is 2. The molecule has 0 atom stereocenters. The van der Waals surface area contributed by atoms with Crippen molar-refractivity contribution in [1.29, 1.82) is 0 Å². The van der Waals surface area contributed by atoms with Crippen LogP contribution in [0, 0.1) is 5.82 Å². The van der Waals surface area contributed by atoms with Gasteiger partial charge >= 0.3 is 0 Å². The van der Waals surface area contributed by atoms with Crippen LogP contribution < -0.4 is 10.1 Å². The number of halogens is 2. The first kappa shape index (κ1) is 13.8. The molecule has 0 bridgehead atoms. The molecule has 0 heterocycles. The van der Waals surface area contributed by atoms with Crippen molar-refractivity contribution in [3.8, 4) is 16.9 Å². The summed E-state index contributed by atoms with van der Waals surface area (Å²) in [6.45, 7) is 0.667. The molecule has 0 aromatic heterocycles. The molecule has 2 aromatic rings. The van der Waals surface area contributed by atoms with E-state index in [1.54, 1.807) is 19.2 Å². The van der Waals surface area contributed by atoms with Crippen molar-refractivity contribution in [3.63, 3.8) is 0 Å². The van der Waals surface area contributed by atoms with E-state index in [1.807, 2.05) is 19.2 Å². The maximum absolute atomic E-state index is 13.5. The van der Waals surface area contributed by atoms with Gasteiger partial charge in [-0.2, -0.15) is 0 Å². The third-order valence-corrected chi connectivity index (χ3v) is 3.21. The zero-order valence-electron chi connectivity index (χ0n) is 10.8. The highest BCUT2D eigenvalue weighted by atomic mass is 35.5. The van der Waals surface area contributed by atoms with Crippen molar-refractivity contribution in [1.82, 2.24) is 5.32 Å². The molecule has 2 aromatic carbocycles. The fourth-order valence-corrected chi connectivity index (χ4v) is 2.18. The van der Waals surface area contributed by atoms with Crippen LogP contribution in [0.1, 0.15) is 5.56 Å². The van der Waals surface area contributed by atoms with Gasteiger partial charge in [0.1, 0.15) is 11.6 Å². The summed E-state index contributed by atoms with van der Waals surface area (Å²) in [4.78, 5) is 0. The number of rotatable bonds is 4. The monoisotopic (exact) mass is 279 g/mol. The van der Waals surface area contributed by atoms with Crippen molar-refractivity contribution in [2.45, 2.75) is 6.54 Å². The normalized spacial score (nSPS) is 10.5. The number of benzene rings is 2. The minimum absolute atomic E-state index is 0.260. The highest BCUT2D eigenvalue weighted by Gasteiger charge is 2.09. The van der Waals surface area contributed by atoms with E-state index in [9.17, 15) is 4.39 Å². The highest BCUT2D eigenvalue weighted by molar-refractivity contribution is 6.32. The molecule has 0 saturated heterocycles. The molecule has 0 aliphatic rings. The Hall–Kier alpha value is -1.58. The van der Waals surface area contributed by atoms with Crippen LogP contribution in [0.4, 0.5) is 4.39 Å². The standard InChI is InChI=1S/C15H15ClFNO/c1-18-9-11-3-5-12(17)8-13(11)10-4-6-14(16)15(7-10)19-2/h3-8,18H,9H2,1-2H3. The Morgan fingerprint density at radius 3 is 2.68 bits per heavy atom. The van der Waals surface area contributed by atoms with E-state index < -0.39 is 0 Å². The zero-order valence-corrected chi connectivity index (χ0v) is 11.6. The molecular weight excluding hydrogens is 265 g/mol. The summed E-state index contributed by atoms with van der Waals surface area (Å²) in [7, 11) is 3.42. The SMILES string of the molecule is CNCc1ccc(F)cc1-c1ccc(Cl)c(OC)c1. The van der Waals surface area contributed by atoms with Gasteiger partial charge in [-0.3, -0.25) is 0 Å². The number of ether oxygens (including phenoxy) is 1. The van der Waals surface area contributed by atoms with E-state index in [1.165, 1.54) is 12.1 Å². The molecule has 19 heavy (non-hydrogen) atoms. The summed E-state index contributed by atoms with van der Waals surface area (Å²) >= 11 is 6.00. The first-order valence-electron chi connectivity index (χ1n) is 5.92. The minimum atomic E-state index is -0.260. The van der Waals surface area contributed by atoms with Crippen LogP contribution in [0.2, 0.25) is 5.02 Å². The van der Waals surface area contributed by atoms with Crippen molar-refractivity contribution >= 4 is 11.6 Å². The smallest absolute Gasteiger partial charge is 0.138 e. The Bertz CT molecular complexity index is 586. The molecule has 0 spiro atoms. The van der Waals surface area contributed by atoms with E-state index in [2.05, 4.69) is 5.32 Å². The van der Waals surface area contributed by atoms with E-state index in [0.717, 1.165) is 16.7 Å². The van der Waals surface area contributed by atoms with Gasteiger partial charge in [-0.1, -0.05) is 23.7 Å². The van der Waals surface area contributed by atoms with Crippen LogP contribution >= 0.6 is 11.6 Å². The van der Waals surface area contributed by atoms with Crippen LogP contribution in [0.3, 0.4) is 0 Å². The molecular formula is C15H15ClFNO. The molecule has 4 heteroatoms. The zero-order chi connectivity index (χ0) is 13.8. The molecule has 0 amide bonds. The molecule has 2 rings (SSSR count). The Labute approximate surface area is 117 Å². The second kappa shape index (κ2) is 6.04. The van der Waals surface area contributed by atoms with Gasteiger partial charge in [0.15, 0.2) is 0 Å². The quantitative estimate of drug-likeness (QED) is 0.917. The van der Waals surface area contributed by atoms with Gasteiger partial charge in [-0.05, 0) is 48.0 Å². The fourth-order valence-electron chi connectivity index (χ4n) is 1.99. The summed E-state index contributed by atoms with van der Waals surface area (Å²) in [5, 5.41) is 3.61. The lowest BCUT2D eigenvalue weighted by molar-refractivity contribution is 0.415. The molecule has 2 nitrogen and oxygen atoms in total. The van der Waals surface area contributed by atoms with E-state index >= 15 is 0 Å². The first-order valence-corrected chi connectivity index (χ1v) is 6.30. The van der Waals surface area contributed by atoms with Gasteiger partial charge in [0.2, 0.25) is 0 Å². The molecule has 0 aliphatic heterocycles. The van der Waals surface area contributed by atoms with E-state index in [-0.39, 0.29) is 5.82 Å².